The first-order valence-corrected chi connectivity index (χ1v) is 19.7. The first kappa shape index (κ1) is 40.9. The summed E-state index contributed by atoms with van der Waals surface area (Å²) in [6, 6.07) is 0. The molecule has 0 aromatic heterocycles. The molecule has 0 aromatic carbocycles. The van der Waals surface area contributed by atoms with Crippen molar-refractivity contribution in [2.24, 2.45) is 0 Å². The second-order valence-electron chi connectivity index (χ2n) is 13.5. The van der Waals surface area contributed by atoms with Gasteiger partial charge in [-0.2, -0.15) is 0 Å². The molecular formula is C39H82N2. The molecule has 0 unspecified atom stereocenters. The van der Waals surface area contributed by atoms with Crippen LogP contribution in [0.5, 0.6) is 0 Å². The first-order chi connectivity index (χ1) is 20.3. The lowest BCUT2D eigenvalue weighted by atomic mass is 10.1. The highest BCUT2D eigenvalue weighted by Gasteiger charge is 2.09. The summed E-state index contributed by atoms with van der Waals surface area (Å²) in [7, 11) is 0. The molecule has 0 amide bonds. The van der Waals surface area contributed by atoms with Crippen LogP contribution < -0.4 is 0 Å². The van der Waals surface area contributed by atoms with Gasteiger partial charge in [0.1, 0.15) is 0 Å². The quantitative estimate of drug-likeness (QED) is 0.0682. The Morgan fingerprint density at radius 3 is 0.585 bits per heavy atom. The smallest absolute Gasteiger partial charge is 0.000655 e. The molecule has 0 atom stereocenters. The van der Waals surface area contributed by atoms with Crippen molar-refractivity contribution < 1.29 is 0 Å². The predicted molar refractivity (Wildman–Crippen MR) is 189 cm³/mol. The van der Waals surface area contributed by atoms with Crippen LogP contribution in [0.25, 0.3) is 0 Å². The highest BCUT2D eigenvalue weighted by Crippen LogP contribution is 2.13. The summed E-state index contributed by atoms with van der Waals surface area (Å²) in [6.07, 6.45) is 41.4. The lowest BCUT2D eigenvalue weighted by Gasteiger charge is -2.26. The van der Waals surface area contributed by atoms with E-state index in [-0.39, 0.29) is 0 Å². The molecule has 2 heteroatoms. The van der Waals surface area contributed by atoms with Gasteiger partial charge in [-0.15, -0.1) is 0 Å². The van der Waals surface area contributed by atoms with Gasteiger partial charge in [0.25, 0.3) is 0 Å². The summed E-state index contributed by atoms with van der Waals surface area (Å²) < 4.78 is 0. The molecule has 0 heterocycles. The second-order valence-corrected chi connectivity index (χ2v) is 13.5. The minimum absolute atomic E-state index is 1.33. The predicted octanol–water partition coefficient (Wildman–Crippen LogP) is 13.0. The molecule has 0 aliphatic carbocycles. The van der Waals surface area contributed by atoms with Gasteiger partial charge in [0.2, 0.25) is 0 Å². The molecule has 41 heavy (non-hydrogen) atoms. The molecule has 0 bridgehead atoms. The Balaban J connectivity index is 4.48. The molecule has 2 nitrogen and oxygen atoms in total. The zero-order valence-corrected chi connectivity index (χ0v) is 29.6. The lowest BCUT2D eigenvalue weighted by Crippen LogP contribution is -2.32. The molecule has 0 N–H and O–H groups in total. The van der Waals surface area contributed by atoms with Crippen LogP contribution in [0.15, 0.2) is 0 Å². The molecule has 0 rings (SSSR count). The third kappa shape index (κ3) is 32.7. The van der Waals surface area contributed by atoms with E-state index in [0.29, 0.717) is 0 Å². The number of nitrogens with zero attached hydrogens (tertiary/aromatic N) is 2. The van der Waals surface area contributed by atoms with Crippen LogP contribution in [0.4, 0.5) is 0 Å². The molecule has 0 saturated heterocycles. The summed E-state index contributed by atoms with van der Waals surface area (Å²) in [4.78, 5) is 5.71. The van der Waals surface area contributed by atoms with Gasteiger partial charge in [-0.25, -0.2) is 0 Å². The molecule has 0 aromatic rings. The minimum Gasteiger partial charge on any atom is -0.303 e. The molecule has 248 valence electrons. The highest BCUT2D eigenvalue weighted by atomic mass is 15.1. The van der Waals surface area contributed by atoms with E-state index in [9.17, 15) is 0 Å². The van der Waals surface area contributed by atoms with Crippen molar-refractivity contribution >= 4 is 0 Å². The van der Waals surface area contributed by atoms with Crippen molar-refractivity contribution in [3.63, 3.8) is 0 Å². The fraction of sp³-hybridized carbons (Fsp3) is 1.00. The third-order valence-corrected chi connectivity index (χ3v) is 9.26. The maximum Gasteiger partial charge on any atom is -0.000655 e. The van der Waals surface area contributed by atoms with Crippen molar-refractivity contribution in [3.8, 4) is 0 Å². The Hall–Kier alpha value is -0.0800. The molecule has 0 aliphatic heterocycles. The fourth-order valence-corrected chi connectivity index (χ4v) is 6.36. The van der Waals surface area contributed by atoms with Gasteiger partial charge in [0, 0.05) is 0 Å². The normalized spacial score (nSPS) is 11.9. The Morgan fingerprint density at radius 2 is 0.366 bits per heavy atom. The van der Waals surface area contributed by atoms with Gasteiger partial charge in [0.15, 0.2) is 0 Å². The lowest BCUT2D eigenvalue weighted by molar-refractivity contribution is 0.215. The number of hydrogen-bond donors (Lipinski definition) is 0. The van der Waals surface area contributed by atoms with Crippen LogP contribution in [0.2, 0.25) is 0 Å². The van der Waals surface area contributed by atoms with Gasteiger partial charge < -0.3 is 9.80 Å². The molecule has 0 spiro atoms. The molecular weight excluding hydrogens is 496 g/mol. The number of hydrogen-bond acceptors (Lipinski definition) is 2. The SMILES string of the molecule is CCCCCCCCCCN(CCCCCCCCCC)CCCN(CCCCCCCC)CCCCCCCC. The van der Waals surface area contributed by atoms with Crippen LogP contribution in [0.3, 0.4) is 0 Å². The van der Waals surface area contributed by atoms with Crippen LogP contribution in [-0.2, 0) is 0 Å². The maximum absolute atomic E-state index is 2.86. The monoisotopic (exact) mass is 579 g/mol. The summed E-state index contributed by atoms with van der Waals surface area (Å²) in [5.74, 6) is 0. The standard InChI is InChI=1S/C39H82N2/c1-5-9-13-17-21-23-27-31-36-41(37-32-28-24-22-18-14-10-6-2)39-33-38-40(34-29-25-19-15-11-7-3)35-30-26-20-16-12-8-4/h5-39H2,1-4H3. The average Bonchev–Trinajstić information content (AvgIpc) is 2.98. The van der Waals surface area contributed by atoms with E-state index in [1.54, 1.807) is 0 Å². The zero-order chi connectivity index (χ0) is 29.9. The van der Waals surface area contributed by atoms with Crippen molar-refractivity contribution in [1.29, 1.82) is 0 Å². The largest absolute Gasteiger partial charge is 0.303 e. The van der Waals surface area contributed by atoms with Crippen LogP contribution in [0, 0.1) is 0 Å². The van der Waals surface area contributed by atoms with Gasteiger partial charge in [0.05, 0.1) is 0 Å². The zero-order valence-electron chi connectivity index (χ0n) is 29.6. The average molecular weight is 579 g/mol. The number of unbranched alkanes of at least 4 members (excludes halogenated alkanes) is 24. The molecule has 0 fully saturated rings. The third-order valence-electron chi connectivity index (χ3n) is 9.26. The first-order valence-electron chi connectivity index (χ1n) is 19.7. The van der Waals surface area contributed by atoms with Crippen LogP contribution in [-0.4, -0.2) is 49.1 Å². The van der Waals surface area contributed by atoms with Crippen LogP contribution in [0.1, 0.15) is 214 Å². The summed E-state index contributed by atoms with van der Waals surface area (Å²) in [5, 5.41) is 0. The van der Waals surface area contributed by atoms with Crippen molar-refractivity contribution in [2.45, 2.75) is 214 Å². The van der Waals surface area contributed by atoms with Gasteiger partial charge >= 0.3 is 0 Å². The van der Waals surface area contributed by atoms with E-state index in [4.69, 9.17) is 0 Å². The Bertz CT molecular complexity index is 415. The van der Waals surface area contributed by atoms with E-state index in [1.165, 1.54) is 225 Å². The number of rotatable bonds is 36. The van der Waals surface area contributed by atoms with Crippen LogP contribution >= 0.6 is 0 Å². The van der Waals surface area contributed by atoms with Gasteiger partial charge in [-0.1, -0.05) is 182 Å². The topological polar surface area (TPSA) is 6.48 Å². The van der Waals surface area contributed by atoms with Crippen molar-refractivity contribution in [1.82, 2.24) is 9.80 Å². The minimum atomic E-state index is 1.33. The Morgan fingerprint density at radius 1 is 0.195 bits per heavy atom. The Labute approximate surface area is 262 Å². The molecule has 0 radical (unpaired) electrons. The fourth-order valence-electron chi connectivity index (χ4n) is 6.36. The van der Waals surface area contributed by atoms with Crippen molar-refractivity contribution in [2.75, 3.05) is 39.3 Å². The highest BCUT2D eigenvalue weighted by molar-refractivity contribution is 4.65. The molecule has 0 saturated carbocycles. The summed E-state index contributed by atoms with van der Waals surface area (Å²) in [6.45, 7) is 17.3. The molecule has 0 aliphatic rings. The van der Waals surface area contributed by atoms with E-state index >= 15 is 0 Å². The van der Waals surface area contributed by atoms with E-state index < -0.39 is 0 Å². The summed E-state index contributed by atoms with van der Waals surface area (Å²) in [5.41, 5.74) is 0. The van der Waals surface area contributed by atoms with Gasteiger partial charge in [-0.3, -0.25) is 0 Å². The van der Waals surface area contributed by atoms with E-state index in [0.717, 1.165) is 0 Å². The Kier molecular flexibility index (Phi) is 36.0. The second kappa shape index (κ2) is 36.1. The van der Waals surface area contributed by atoms with E-state index in [1.807, 2.05) is 0 Å². The summed E-state index contributed by atoms with van der Waals surface area (Å²) >= 11 is 0. The van der Waals surface area contributed by atoms with Crippen molar-refractivity contribution in [3.05, 3.63) is 0 Å². The maximum atomic E-state index is 2.86. The van der Waals surface area contributed by atoms with E-state index in [2.05, 4.69) is 37.5 Å². The van der Waals surface area contributed by atoms with Gasteiger partial charge in [-0.05, 0) is 71.4 Å².